The van der Waals surface area contributed by atoms with Gasteiger partial charge in [0.1, 0.15) is 0 Å². The van der Waals surface area contributed by atoms with Crippen molar-refractivity contribution >= 4 is 60.3 Å². The lowest BCUT2D eigenvalue weighted by atomic mass is 9.67. The van der Waals surface area contributed by atoms with Gasteiger partial charge in [-0.3, -0.25) is 0 Å². The van der Waals surface area contributed by atoms with Crippen LogP contribution >= 0.6 is 23.1 Å². The summed E-state index contributed by atoms with van der Waals surface area (Å²) < 4.78 is 2.58. The van der Waals surface area contributed by atoms with Gasteiger partial charge in [-0.1, -0.05) is 200 Å². The zero-order valence-corrected chi connectivity index (χ0v) is 36.9. The molecule has 304 valence electrons. The van der Waals surface area contributed by atoms with Crippen molar-refractivity contribution in [1.82, 2.24) is 0 Å². The molecule has 0 atom stereocenters. The summed E-state index contributed by atoms with van der Waals surface area (Å²) in [5.41, 5.74) is 18.2. The molecular formula is C62H39NS2. The minimum atomic E-state index is -0.481. The topological polar surface area (TPSA) is 3.24 Å². The molecule has 2 aliphatic carbocycles. The average molecular weight is 862 g/mol. The Kier molecular flexibility index (Phi) is 7.99. The fourth-order valence-corrected chi connectivity index (χ4v) is 14.3. The summed E-state index contributed by atoms with van der Waals surface area (Å²) in [5, 5.41) is 2.58. The number of anilines is 3. The molecule has 65 heavy (non-hydrogen) atoms. The van der Waals surface area contributed by atoms with Crippen molar-refractivity contribution in [3.8, 4) is 22.3 Å². The Balaban J connectivity index is 1.03. The van der Waals surface area contributed by atoms with Crippen molar-refractivity contribution in [2.24, 2.45) is 0 Å². The van der Waals surface area contributed by atoms with E-state index in [1.807, 2.05) is 23.1 Å². The van der Waals surface area contributed by atoms with Crippen LogP contribution in [0.5, 0.6) is 0 Å². The van der Waals surface area contributed by atoms with Gasteiger partial charge in [0, 0.05) is 36.6 Å². The highest BCUT2D eigenvalue weighted by molar-refractivity contribution is 7.99. The summed E-state index contributed by atoms with van der Waals surface area (Å²) in [6.45, 7) is 0. The van der Waals surface area contributed by atoms with Gasteiger partial charge < -0.3 is 4.90 Å². The van der Waals surface area contributed by atoms with Crippen molar-refractivity contribution in [2.45, 2.75) is 20.6 Å². The van der Waals surface area contributed by atoms with E-state index < -0.39 is 10.8 Å². The molecule has 0 saturated carbocycles. The largest absolute Gasteiger partial charge is 0.309 e. The molecule has 1 aromatic heterocycles. The molecular weight excluding hydrogens is 823 g/mol. The van der Waals surface area contributed by atoms with Gasteiger partial charge >= 0.3 is 0 Å². The van der Waals surface area contributed by atoms with Gasteiger partial charge in [-0.25, -0.2) is 0 Å². The number of thiophene rings is 1. The maximum atomic E-state index is 2.53. The molecule has 10 aromatic carbocycles. The van der Waals surface area contributed by atoms with Crippen LogP contribution in [-0.2, 0) is 10.8 Å². The van der Waals surface area contributed by atoms with E-state index in [9.17, 15) is 0 Å². The highest BCUT2D eigenvalue weighted by Gasteiger charge is 2.50. The molecule has 11 aromatic rings. The Morgan fingerprint density at radius 2 is 0.815 bits per heavy atom. The second-order valence-corrected chi connectivity index (χ2v) is 19.6. The molecule has 1 aliphatic heterocycles. The zero-order valence-electron chi connectivity index (χ0n) is 35.3. The molecule has 2 heterocycles. The standard InChI is InChI=1S/C62H39NS2/c1-2-17-40(18-3-1)61(50-25-9-4-19-44(50)45-20-5-10-26-51(45)61)41-33-35-42(36-34-41)63(56-30-16-24-49-48-23-8-14-31-57(48)65-60(49)56)43-37-38-59-55(39-43)62(54-29-13-15-32-58(54)64-59)52-27-11-6-21-46(52)47-22-7-12-28-53(47)62/h1-39H. The molecule has 0 saturated heterocycles. The van der Waals surface area contributed by atoms with Gasteiger partial charge in [-0.15, -0.1) is 11.3 Å². The van der Waals surface area contributed by atoms with Crippen LogP contribution in [0.4, 0.5) is 17.1 Å². The Hall–Kier alpha value is -7.43. The predicted molar refractivity (Wildman–Crippen MR) is 273 cm³/mol. The SMILES string of the molecule is c1ccc(C2(c3ccc(N(c4ccc5c(c4)C4(c6ccccc6S5)c5ccccc5-c5ccccc54)c4cccc5c4sc4ccccc45)cc3)c3ccccc3-c3ccccc32)cc1. The van der Waals surface area contributed by atoms with Crippen molar-refractivity contribution in [3.63, 3.8) is 0 Å². The molecule has 0 radical (unpaired) electrons. The number of benzene rings is 10. The third kappa shape index (κ3) is 5.00. The number of fused-ring (bicyclic) bond motifs is 15. The van der Waals surface area contributed by atoms with E-state index in [1.165, 1.54) is 102 Å². The summed E-state index contributed by atoms with van der Waals surface area (Å²) in [6.07, 6.45) is 0. The van der Waals surface area contributed by atoms with Crippen molar-refractivity contribution < 1.29 is 0 Å². The molecule has 3 heteroatoms. The molecule has 1 nitrogen and oxygen atoms in total. The van der Waals surface area contributed by atoms with E-state index in [2.05, 4.69) is 241 Å². The number of nitrogens with zero attached hydrogens (tertiary/aromatic N) is 1. The smallest absolute Gasteiger partial charge is 0.0736 e. The summed E-state index contributed by atoms with van der Waals surface area (Å²) in [7, 11) is 0. The van der Waals surface area contributed by atoms with Crippen LogP contribution in [0.1, 0.15) is 44.5 Å². The number of hydrogen-bond donors (Lipinski definition) is 0. The maximum absolute atomic E-state index is 2.53. The third-order valence-electron chi connectivity index (χ3n) is 14.4. The quantitative estimate of drug-likeness (QED) is 0.170. The van der Waals surface area contributed by atoms with E-state index in [0.717, 1.165) is 11.4 Å². The second kappa shape index (κ2) is 14.0. The van der Waals surface area contributed by atoms with Crippen LogP contribution in [-0.4, -0.2) is 0 Å². The molecule has 0 amide bonds. The van der Waals surface area contributed by atoms with Gasteiger partial charge in [0.2, 0.25) is 0 Å². The molecule has 0 fully saturated rings. The fourth-order valence-electron chi connectivity index (χ4n) is 11.9. The summed E-state index contributed by atoms with van der Waals surface area (Å²) in [6, 6.07) is 88.9. The first kappa shape index (κ1) is 37.0. The first-order valence-corrected chi connectivity index (χ1v) is 24.0. The molecule has 0 unspecified atom stereocenters. The third-order valence-corrected chi connectivity index (χ3v) is 16.8. The first-order chi connectivity index (χ1) is 32.2. The highest BCUT2D eigenvalue weighted by Crippen LogP contribution is 2.63. The minimum absolute atomic E-state index is 0.477. The van der Waals surface area contributed by atoms with Gasteiger partial charge in [-0.2, -0.15) is 0 Å². The second-order valence-electron chi connectivity index (χ2n) is 17.5. The Bertz CT molecular complexity index is 3620. The van der Waals surface area contributed by atoms with E-state index in [4.69, 9.17) is 0 Å². The molecule has 14 rings (SSSR count). The van der Waals surface area contributed by atoms with Crippen LogP contribution < -0.4 is 4.90 Å². The monoisotopic (exact) mass is 861 g/mol. The fraction of sp³-hybridized carbons (Fsp3) is 0.0323. The Morgan fingerprint density at radius 3 is 1.48 bits per heavy atom. The minimum Gasteiger partial charge on any atom is -0.309 e. The molecule has 0 bridgehead atoms. The predicted octanol–water partition coefficient (Wildman–Crippen LogP) is 16.7. The van der Waals surface area contributed by atoms with Gasteiger partial charge in [0.25, 0.3) is 0 Å². The van der Waals surface area contributed by atoms with Gasteiger partial charge in [0.15, 0.2) is 0 Å². The molecule has 0 N–H and O–H groups in total. The zero-order chi connectivity index (χ0) is 42.7. The lowest BCUT2D eigenvalue weighted by Gasteiger charge is -2.40. The van der Waals surface area contributed by atoms with Crippen LogP contribution in [0.2, 0.25) is 0 Å². The summed E-state index contributed by atoms with van der Waals surface area (Å²) in [5.74, 6) is 0. The highest BCUT2D eigenvalue weighted by atomic mass is 32.2. The van der Waals surface area contributed by atoms with E-state index in [0.29, 0.717) is 0 Å². The lowest BCUT2D eigenvalue weighted by molar-refractivity contribution is 0.722. The van der Waals surface area contributed by atoms with E-state index in [1.54, 1.807) is 0 Å². The van der Waals surface area contributed by atoms with E-state index >= 15 is 0 Å². The Morgan fingerprint density at radius 1 is 0.323 bits per heavy atom. The number of hydrogen-bond acceptors (Lipinski definition) is 3. The molecule has 3 aliphatic rings. The Labute approximate surface area is 386 Å². The lowest BCUT2D eigenvalue weighted by Crippen LogP contribution is -2.32. The van der Waals surface area contributed by atoms with E-state index in [-0.39, 0.29) is 0 Å². The van der Waals surface area contributed by atoms with Crippen LogP contribution in [0.25, 0.3) is 42.4 Å². The van der Waals surface area contributed by atoms with Crippen LogP contribution in [0.3, 0.4) is 0 Å². The van der Waals surface area contributed by atoms with Crippen molar-refractivity contribution in [1.29, 1.82) is 0 Å². The summed E-state index contributed by atoms with van der Waals surface area (Å²) >= 11 is 3.78. The molecule has 1 spiro atoms. The van der Waals surface area contributed by atoms with Crippen LogP contribution in [0.15, 0.2) is 246 Å². The van der Waals surface area contributed by atoms with Gasteiger partial charge in [0.05, 0.1) is 21.2 Å². The average Bonchev–Trinajstić information content (AvgIpc) is 4.01. The van der Waals surface area contributed by atoms with Crippen molar-refractivity contribution in [2.75, 3.05) is 4.90 Å². The normalized spacial score (nSPS) is 14.3. The van der Waals surface area contributed by atoms with Crippen molar-refractivity contribution in [3.05, 3.63) is 281 Å². The maximum Gasteiger partial charge on any atom is 0.0736 e. The first-order valence-electron chi connectivity index (χ1n) is 22.4. The van der Waals surface area contributed by atoms with Gasteiger partial charge in [-0.05, 0) is 115 Å². The van der Waals surface area contributed by atoms with Crippen LogP contribution in [0, 0.1) is 0 Å². The summed E-state index contributed by atoms with van der Waals surface area (Å²) in [4.78, 5) is 5.13. The number of rotatable bonds is 5.